The van der Waals surface area contributed by atoms with E-state index < -0.39 is 0 Å². The molecule has 112 valence electrons. The van der Waals surface area contributed by atoms with Crippen LogP contribution < -0.4 is 5.32 Å². The van der Waals surface area contributed by atoms with Gasteiger partial charge in [-0.1, -0.05) is 6.92 Å². The van der Waals surface area contributed by atoms with Crippen LogP contribution in [-0.2, 0) is 0 Å². The van der Waals surface area contributed by atoms with Crippen LogP contribution in [0.1, 0.15) is 45.4 Å². The molecule has 0 aromatic carbocycles. The van der Waals surface area contributed by atoms with Crippen molar-refractivity contribution >= 4 is 0 Å². The van der Waals surface area contributed by atoms with Crippen molar-refractivity contribution in [1.82, 2.24) is 15.1 Å². The van der Waals surface area contributed by atoms with Gasteiger partial charge in [-0.25, -0.2) is 0 Å². The fourth-order valence-electron chi connectivity index (χ4n) is 3.81. The number of nitrogens with one attached hydrogen (secondary N) is 1. The molecule has 0 aromatic heterocycles. The zero-order valence-electron chi connectivity index (χ0n) is 13.2. The second-order valence-electron chi connectivity index (χ2n) is 6.86. The second-order valence-corrected chi connectivity index (χ2v) is 6.86. The highest BCUT2D eigenvalue weighted by Gasteiger charge is 2.33. The molecule has 1 N–H and O–H groups in total. The Hall–Kier alpha value is -0.120. The highest BCUT2D eigenvalue weighted by molar-refractivity contribution is 4.92. The summed E-state index contributed by atoms with van der Waals surface area (Å²) in [4.78, 5) is 4.94. The van der Waals surface area contributed by atoms with Gasteiger partial charge in [0.1, 0.15) is 0 Å². The minimum Gasteiger partial charge on any atom is -0.311 e. The van der Waals surface area contributed by atoms with Gasteiger partial charge in [-0.3, -0.25) is 0 Å². The van der Waals surface area contributed by atoms with Gasteiger partial charge in [0.2, 0.25) is 0 Å². The predicted molar refractivity (Wildman–Crippen MR) is 82.6 cm³/mol. The molecule has 19 heavy (non-hydrogen) atoms. The molecule has 3 heteroatoms. The van der Waals surface area contributed by atoms with Crippen LogP contribution in [0, 0.1) is 5.92 Å². The average molecular weight is 267 g/mol. The second kappa shape index (κ2) is 7.61. The lowest BCUT2D eigenvalue weighted by atomic mass is 9.89. The molecule has 0 spiro atoms. The lowest BCUT2D eigenvalue weighted by Crippen LogP contribution is -2.39. The monoisotopic (exact) mass is 267 g/mol. The first-order valence-corrected chi connectivity index (χ1v) is 8.30. The number of rotatable bonds is 8. The minimum absolute atomic E-state index is 0.854. The topological polar surface area (TPSA) is 18.5 Å². The maximum atomic E-state index is 3.75. The Morgan fingerprint density at radius 2 is 1.68 bits per heavy atom. The first-order valence-electron chi connectivity index (χ1n) is 8.30. The number of nitrogens with zero attached hydrogens (tertiary/aromatic N) is 2. The lowest BCUT2D eigenvalue weighted by Gasteiger charge is -2.31. The van der Waals surface area contributed by atoms with E-state index in [0.29, 0.717) is 0 Å². The van der Waals surface area contributed by atoms with Crippen LogP contribution in [-0.4, -0.2) is 62.2 Å². The van der Waals surface area contributed by atoms with E-state index in [9.17, 15) is 0 Å². The smallest absolute Gasteiger partial charge is 0.00728 e. The highest BCUT2D eigenvalue weighted by Crippen LogP contribution is 2.32. The van der Waals surface area contributed by atoms with Gasteiger partial charge in [0.05, 0.1) is 0 Å². The van der Waals surface area contributed by atoms with Crippen LogP contribution in [0.25, 0.3) is 0 Å². The molecule has 2 saturated heterocycles. The number of hydrogen-bond acceptors (Lipinski definition) is 3. The van der Waals surface area contributed by atoms with E-state index in [2.05, 4.69) is 36.1 Å². The Bertz CT molecular complexity index is 242. The summed E-state index contributed by atoms with van der Waals surface area (Å²) in [5.74, 6) is 0.988. The Morgan fingerprint density at radius 3 is 2.26 bits per heavy atom. The van der Waals surface area contributed by atoms with Crippen molar-refractivity contribution in [2.45, 2.75) is 57.5 Å². The van der Waals surface area contributed by atoms with Gasteiger partial charge in [0, 0.05) is 12.1 Å². The third-order valence-corrected chi connectivity index (χ3v) is 4.95. The van der Waals surface area contributed by atoms with Crippen molar-refractivity contribution in [2.24, 2.45) is 5.92 Å². The van der Waals surface area contributed by atoms with E-state index >= 15 is 0 Å². The van der Waals surface area contributed by atoms with Crippen molar-refractivity contribution in [3.8, 4) is 0 Å². The quantitative estimate of drug-likeness (QED) is 0.727. The van der Waals surface area contributed by atoms with Gasteiger partial charge < -0.3 is 15.1 Å². The van der Waals surface area contributed by atoms with E-state index in [-0.39, 0.29) is 0 Å². The summed E-state index contributed by atoms with van der Waals surface area (Å²) in [6, 6.07) is 1.71. The molecule has 2 bridgehead atoms. The molecule has 2 atom stereocenters. The summed E-state index contributed by atoms with van der Waals surface area (Å²) in [7, 11) is 4.34. The molecule has 0 aliphatic carbocycles. The van der Waals surface area contributed by atoms with Crippen molar-refractivity contribution in [3.63, 3.8) is 0 Å². The van der Waals surface area contributed by atoms with E-state index in [1.807, 2.05) is 0 Å². The van der Waals surface area contributed by atoms with Crippen LogP contribution in [0.2, 0.25) is 0 Å². The fraction of sp³-hybridized carbons (Fsp3) is 1.00. The van der Waals surface area contributed by atoms with Crippen LogP contribution >= 0.6 is 0 Å². The molecule has 0 aromatic rings. The van der Waals surface area contributed by atoms with Gasteiger partial charge in [-0.2, -0.15) is 0 Å². The van der Waals surface area contributed by atoms with Gasteiger partial charge in [0.25, 0.3) is 0 Å². The largest absolute Gasteiger partial charge is 0.311 e. The summed E-state index contributed by atoms with van der Waals surface area (Å²) in [5, 5.41) is 3.75. The molecule has 2 aliphatic heterocycles. The molecule has 3 nitrogen and oxygen atoms in total. The molecule has 0 radical (unpaired) electrons. The first kappa shape index (κ1) is 15.3. The third kappa shape index (κ3) is 5.05. The first-order chi connectivity index (χ1) is 9.17. The zero-order valence-corrected chi connectivity index (χ0v) is 13.2. The van der Waals surface area contributed by atoms with E-state index in [0.717, 1.165) is 18.0 Å². The van der Waals surface area contributed by atoms with Crippen molar-refractivity contribution < 1.29 is 0 Å². The molecule has 2 rings (SSSR count). The summed E-state index contributed by atoms with van der Waals surface area (Å²) in [6.07, 6.45) is 8.46. The van der Waals surface area contributed by atoms with Gasteiger partial charge >= 0.3 is 0 Å². The molecule has 0 amide bonds. The molecular weight excluding hydrogens is 234 g/mol. The predicted octanol–water partition coefficient (Wildman–Crippen LogP) is 2.18. The Labute approximate surface area is 119 Å². The molecule has 2 fully saturated rings. The molecule has 2 unspecified atom stereocenters. The zero-order chi connectivity index (χ0) is 13.7. The summed E-state index contributed by atoms with van der Waals surface area (Å²) >= 11 is 0. The van der Waals surface area contributed by atoms with Crippen LogP contribution in [0.3, 0.4) is 0 Å². The molecular formula is C16H33N3. The maximum Gasteiger partial charge on any atom is 0.00728 e. The fourth-order valence-corrected chi connectivity index (χ4v) is 3.81. The number of fused-ring (bicyclic) bond motifs is 2. The third-order valence-electron chi connectivity index (χ3n) is 4.95. The SMILES string of the molecule is CCN(CCCN(C)C)CCC1CC2CCC(C1)N2. The van der Waals surface area contributed by atoms with Crippen LogP contribution in [0.15, 0.2) is 0 Å². The number of piperidine rings is 1. The number of hydrogen-bond donors (Lipinski definition) is 1. The Morgan fingerprint density at radius 1 is 1.00 bits per heavy atom. The molecule has 2 heterocycles. The van der Waals surface area contributed by atoms with Gasteiger partial charge in [-0.15, -0.1) is 0 Å². The summed E-state index contributed by atoms with van der Waals surface area (Å²) < 4.78 is 0. The van der Waals surface area contributed by atoms with Gasteiger partial charge in [0.15, 0.2) is 0 Å². The van der Waals surface area contributed by atoms with Crippen LogP contribution in [0.5, 0.6) is 0 Å². The standard InChI is InChI=1S/C16H33N3/c1-4-19(10-5-9-18(2)3)11-8-14-12-15-6-7-16(13-14)17-15/h14-17H,4-13H2,1-3H3. The van der Waals surface area contributed by atoms with Gasteiger partial charge in [-0.05, 0) is 84.7 Å². The Kier molecular flexibility index (Phi) is 6.11. The highest BCUT2D eigenvalue weighted by atomic mass is 15.1. The average Bonchev–Trinajstić information content (AvgIpc) is 2.72. The Balaban J connectivity index is 1.62. The lowest BCUT2D eigenvalue weighted by molar-refractivity contribution is 0.217. The maximum absolute atomic E-state index is 3.75. The van der Waals surface area contributed by atoms with Crippen molar-refractivity contribution in [3.05, 3.63) is 0 Å². The van der Waals surface area contributed by atoms with Crippen molar-refractivity contribution in [2.75, 3.05) is 40.3 Å². The summed E-state index contributed by atoms with van der Waals surface area (Å²) in [6.45, 7) is 7.32. The summed E-state index contributed by atoms with van der Waals surface area (Å²) in [5.41, 5.74) is 0. The van der Waals surface area contributed by atoms with E-state index in [1.54, 1.807) is 0 Å². The molecule has 0 saturated carbocycles. The van der Waals surface area contributed by atoms with E-state index in [1.165, 1.54) is 64.7 Å². The molecule has 2 aliphatic rings. The van der Waals surface area contributed by atoms with Crippen molar-refractivity contribution in [1.29, 1.82) is 0 Å². The van der Waals surface area contributed by atoms with E-state index in [4.69, 9.17) is 0 Å². The minimum atomic E-state index is 0.854. The van der Waals surface area contributed by atoms with Crippen LogP contribution in [0.4, 0.5) is 0 Å². The normalized spacial score (nSPS) is 30.5.